The first-order valence-corrected chi connectivity index (χ1v) is 6.26. The molecule has 1 rings (SSSR count). The lowest BCUT2D eigenvalue weighted by molar-refractivity contribution is -0.118. The summed E-state index contributed by atoms with van der Waals surface area (Å²) in [6, 6.07) is 4.79. The van der Waals surface area contributed by atoms with Gasteiger partial charge in [0.1, 0.15) is 0 Å². The van der Waals surface area contributed by atoms with E-state index in [-0.39, 0.29) is 17.7 Å². The smallest absolute Gasteiger partial charge is 0.241 e. The SMILES string of the molecule is CC(=O)Nc1cc(NC(=O)C(N)C(C)C)ccc1C. The van der Waals surface area contributed by atoms with Gasteiger partial charge >= 0.3 is 0 Å². The lowest BCUT2D eigenvalue weighted by Crippen LogP contribution is -2.39. The fraction of sp³-hybridized carbons (Fsp3) is 0.429. The van der Waals surface area contributed by atoms with Crippen LogP contribution in [0.4, 0.5) is 11.4 Å². The van der Waals surface area contributed by atoms with E-state index in [1.807, 2.05) is 26.8 Å². The Morgan fingerprint density at radius 3 is 2.37 bits per heavy atom. The summed E-state index contributed by atoms with van der Waals surface area (Å²) in [5.41, 5.74) is 8.01. The van der Waals surface area contributed by atoms with Crippen LogP contribution in [0.25, 0.3) is 0 Å². The van der Waals surface area contributed by atoms with Gasteiger partial charge < -0.3 is 16.4 Å². The highest BCUT2D eigenvalue weighted by Crippen LogP contribution is 2.20. The molecule has 0 spiro atoms. The van der Waals surface area contributed by atoms with Crippen LogP contribution < -0.4 is 16.4 Å². The third-order valence-corrected chi connectivity index (χ3v) is 2.84. The Morgan fingerprint density at radius 1 is 1.21 bits per heavy atom. The van der Waals surface area contributed by atoms with Crippen LogP contribution in [-0.4, -0.2) is 17.9 Å². The van der Waals surface area contributed by atoms with Gasteiger partial charge in [-0.1, -0.05) is 19.9 Å². The van der Waals surface area contributed by atoms with Gasteiger partial charge in [-0.15, -0.1) is 0 Å². The number of benzene rings is 1. The first-order chi connectivity index (χ1) is 8.81. The molecule has 0 fully saturated rings. The quantitative estimate of drug-likeness (QED) is 0.775. The minimum absolute atomic E-state index is 0.0697. The molecule has 0 radical (unpaired) electrons. The molecular weight excluding hydrogens is 242 g/mol. The normalized spacial score (nSPS) is 12.1. The highest BCUT2D eigenvalue weighted by atomic mass is 16.2. The lowest BCUT2D eigenvalue weighted by Gasteiger charge is -2.16. The number of carbonyl (C=O) groups excluding carboxylic acids is 2. The van der Waals surface area contributed by atoms with Gasteiger partial charge in [-0.2, -0.15) is 0 Å². The molecule has 0 aliphatic rings. The number of hydrogen-bond acceptors (Lipinski definition) is 3. The van der Waals surface area contributed by atoms with Gasteiger partial charge in [0.25, 0.3) is 0 Å². The number of anilines is 2. The monoisotopic (exact) mass is 263 g/mol. The van der Waals surface area contributed by atoms with E-state index in [1.54, 1.807) is 12.1 Å². The van der Waals surface area contributed by atoms with E-state index in [0.29, 0.717) is 11.4 Å². The molecule has 4 N–H and O–H groups in total. The lowest BCUT2D eigenvalue weighted by atomic mass is 10.0. The third kappa shape index (κ3) is 4.37. The van der Waals surface area contributed by atoms with Crippen molar-refractivity contribution in [1.82, 2.24) is 0 Å². The van der Waals surface area contributed by atoms with Crippen molar-refractivity contribution in [3.8, 4) is 0 Å². The Labute approximate surface area is 113 Å². The van der Waals surface area contributed by atoms with E-state index in [4.69, 9.17) is 5.73 Å². The van der Waals surface area contributed by atoms with Crippen molar-refractivity contribution in [2.45, 2.75) is 33.7 Å². The van der Waals surface area contributed by atoms with Crippen molar-refractivity contribution in [3.63, 3.8) is 0 Å². The molecule has 1 aromatic rings. The van der Waals surface area contributed by atoms with Crippen molar-refractivity contribution < 1.29 is 9.59 Å². The van der Waals surface area contributed by atoms with Crippen LogP contribution in [-0.2, 0) is 9.59 Å². The van der Waals surface area contributed by atoms with E-state index < -0.39 is 6.04 Å². The maximum absolute atomic E-state index is 11.8. The second kappa shape index (κ2) is 6.33. The number of rotatable bonds is 4. The third-order valence-electron chi connectivity index (χ3n) is 2.84. The van der Waals surface area contributed by atoms with Crippen molar-refractivity contribution in [3.05, 3.63) is 23.8 Å². The van der Waals surface area contributed by atoms with Gasteiger partial charge in [0.05, 0.1) is 6.04 Å². The van der Waals surface area contributed by atoms with Crippen LogP contribution in [0.5, 0.6) is 0 Å². The first kappa shape index (κ1) is 15.2. The topological polar surface area (TPSA) is 84.2 Å². The summed E-state index contributed by atoms with van der Waals surface area (Å²) in [5.74, 6) is -0.307. The van der Waals surface area contributed by atoms with Gasteiger partial charge in [0.15, 0.2) is 0 Å². The Hall–Kier alpha value is -1.88. The van der Waals surface area contributed by atoms with Crippen LogP contribution in [0.2, 0.25) is 0 Å². The number of amides is 2. The summed E-state index contributed by atoms with van der Waals surface area (Å²) in [4.78, 5) is 22.9. The molecule has 0 aromatic heterocycles. The van der Waals surface area contributed by atoms with Crippen molar-refractivity contribution in [1.29, 1.82) is 0 Å². The average molecular weight is 263 g/mol. The molecule has 5 heteroatoms. The second-order valence-corrected chi connectivity index (χ2v) is 4.97. The zero-order valence-electron chi connectivity index (χ0n) is 11.8. The average Bonchev–Trinajstić information content (AvgIpc) is 2.31. The predicted octanol–water partition coefficient (Wildman–Crippen LogP) is 1.88. The van der Waals surface area contributed by atoms with E-state index in [0.717, 1.165) is 5.56 Å². The van der Waals surface area contributed by atoms with Crippen LogP contribution >= 0.6 is 0 Å². The Morgan fingerprint density at radius 2 is 1.84 bits per heavy atom. The molecule has 0 aliphatic heterocycles. The highest BCUT2D eigenvalue weighted by molar-refractivity contribution is 5.96. The highest BCUT2D eigenvalue weighted by Gasteiger charge is 2.17. The van der Waals surface area contributed by atoms with Gasteiger partial charge in [-0.25, -0.2) is 0 Å². The largest absolute Gasteiger partial charge is 0.326 e. The van der Waals surface area contributed by atoms with Crippen LogP contribution in [0.3, 0.4) is 0 Å². The van der Waals surface area contributed by atoms with Gasteiger partial charge in [0.2, 0.25) is 11.8 Å². The maximum Gasteiger partial charge on any atom is 0.241 e. The molecule has 2 amide bonds. The summed E-state index contributed by atoms with van der Waals surface area (Å²) in [7, 11) is 0. The molecule has 0 heterocycles. The van der Waals surface area contributed by atoms with E-state index in [9.17, 15) is 9.59 Å². The van der Waals surface area contributed by atoms with Gasteiger partial charge in [-0.05, 0) is 30.5 Å². The fourth-order valence-electron chi connectivity index (χ4n) is 1.55. The summed E-state index contributed by atoms with van der Waals surface area (Å²) >= 11 is 0. The Balaban J connectivity index is 2.85. The minimum atomic E-state index is -0.550. The zero-order valence-corrected chi connectivity index (χ0v) is 11.8. The van der Waals surface area contributed by atoms with E-state index >= 15 is 0 Å². The molecular formula is C14H21N3O2. The summed E-state index contributed by atoms with van der Waals surface area (Å²) < 4.78 is 0. The molecule has 1 aromatic carbocycles. The maximum atomic E-state index is 11.8. The van der Waals surface area contributed by atoms with Crippen molar-refractivity contribution in [2.75, 3.05) is 10.6 Å². The number of hydrogen-bond donors (Lipinski definition) is 3. The molecule has 0 bridgehead atoms. The van der Waals surface area contributed by atoms with Gasteiger partial charge in [-0.3, -0.25) is 9.59 Å². The summed E-state index contributed by atoms with van der Waals surface area (Å²) in [6.07, 6.45) is 0. The van der Waals surface area contributed by atoms with E-state index in [2.05, 4.69) is 10.6 Å². The predicted molar refractivity (Wildman–Crippen MR) is 76.9 cm³/mol. The molecule has 1 atom stereocenters. The molecule has 1 unspecified atom stereocenters. The second-order valence-electron chi connectivity index (χ2n) is 4.97. The number of carbonyl (C=O) groups is 2. The van der Waals surface area contributed by atoms with Crippen LogP contribution in [0, 0.1) is 12.8 Å². The molecule has 19 heavy (non-hydrogen) atoms. The van der Waals surface area contributed by atoms with Crippen molar-refractivity contribution >= 4 is 23.2 Å². The first-order valence-electron chi connectivity index (χ1n) is 6.26. The Kier molecular flexibility index (Phi) is 5.06. The van der Waals surface area contributed by atoms with Crippen molar-refractivity contribution in [2.24, 2.45) is 11.7 Å². The fourth-order valence-corrected chi connectivity index (χ4v) is 1.55. The van der Waals surface area contributed by atoms with E-state index in [1.165, 1.54) is 6.92 Å². The summed E-state index contributed by atoms with van der Waals surface area (Å²) in [5, 5.41) is 5.47. The minimum Gasteiger partial charge on any atom is -0.326 e. The van der Waals surface area contributed by atoms with Crippen LogP contribution in [0.1, 0.15) is 26.3 Å². The molecule has 5 nitrogen and oxygen atoms in total. The molecule has 0 aliphatic carbocycles. The molecule has 0 saturated heterocycles. The summed E-state index contributed by atoms with van der Waals surface area (Å²) in [6.45, 7) is 7.11. The number of aryl methyl sites for hydroxylation is 1. The number of nitrogens with two attached hydrogens (primary N) is 1. The molecule has 0 saturated carbocycles. The van der Waals surface area contributed by atoms with Crippen LogP contribution in [0.15, 0.2) is 18.2 Å². The van der Waals surface area contributed by atoms with Gasteiger partial charge in [0, 0.05) is 18.3 Å². The Bertz CT molecular complexity index is 484. The zero-order chi connectivity index (χ0) is 14.6. The standard InChI is InChI=1S/C14H21N3O2/c1-8(2)13(15)14(19)17-11-6-5-9(3)12(7-11)16-10(4)18/h5-8,13H,15H2,1-4H3,(H,16,18)(H,17,19). The number of nitrogens with one attached hydrogen (secondary N) is 2. The molecule has 104 valence electrons.